The molecule has 0 saturated heterocycles. The molecule has 14 heteroatoms. The van der Waals surface area contributed by atoms with Gasteiger partial charge in [-0.05, 0) is 56.7 Å². The lowest BCUT2D eigenvalue weighted by atomic mass is 9.97. The zero-order valence-electron chi connectivity index (χ0n) is 24.4. The van der Waals surface area contributed by atoms with E-state index in [2.05, 4.69) is 20.3 Å². The lowest BCUT2D eigenvalue weighted by Crippen LogP contribution is -2.50. The van der Waals surface area contributed by atoms with E-state index in [1.807, 2.05) is 20.8 Å². The van der Waals surface area contributed by atoms with Crippen molar-refractivity contribution in [1.82, 2.24) is 15.5 Å². The number of fused-ring (bicyclic) bond motifs is 1. The maximum absolute atomic E-state index is 13.9. The summed E-state index contributed by atoms with van der Waals surface area (Å²) in [6.45, 7) is 10.8. The van der Waals surface area contributed by atoms with E-state index in [-0.39, 0.29) is 23.6 Å². The number of anilines is 1. The van der Waals surface area contributed by atoms with Gasteiger partial charge < -0.3 is 24.1 Å². The van der Waals surface area contributed by atoms with Crippen molar-refractivity contribution in [3.63, 3.8) is 0 Å². The van der Waals surface area contributed by atoms with Crippen LogP contribution in [-0.4, -0.2) is 52.1 Å². The van der Waals surface area contributed by atoms with Gasteiger partial charge in [0.05, 0.1) is 12.2 Å². The zero-order valence-corrected chi connectivity index (χ0v) is 25.2. The highest BCUT2D eigenvalue weighted by Gasteiger charge is 2.44. The Hall–Kier alpha value is -3.81. The third-order valence-corrected chi connectivity index (χ3v) is 7.15. The molecule has 2 amide bonds. The fourth-order valence-corrected chi connectivity index (χ4v) is 4.99. The third kappa shape index (κ3) is 7.98. The number of hydrogen-bond donors (Lipinski definition) is 1. The summed E-state index contributed by atoms with van der Waals surface area (Å²) in [6, 6.07) is 9.33. The largest absolute Gasteiger partial charge is 0.461 e. The lowest BCUT2D eigenvalue weighted by molar-refractivity contribution is -0.253. The number of hydrogen-bond acceptors (Lipinski definition) is 8. The first-order valence-corrected chi connectivity index (χ1v) is 14.3. The van der Waals surface area contributed by atoms with Crippen LogP contribution in [0.4, 0.5) is 28.0 Å². The minimum Gasteiger partial charge on any atom is -0.444 e. The quantitative estimate of drug-likeness (QED) is 0.286. The normalized spacial score (nSPS) is 16.1. The third-order valence-electron chi connectivity index (χ3n) is 6.00. The summed E-state index contributed by atoms with van der Waals surface area (Å²) in [5.41, 5.74) is 0.347. The number of amides is 2. The molecule has 0 saturated carbocycles. The van der Waals surface area contributed by atoms with Crippen molar-refractivity contribution in [3.05, 3.63) is 53.9 Å². The van der Waals surface area contributed by atoms with Gasteiger partial charge in [-0.2, -0.15) is 17.6 Å². The zero-order chi connectivity index (χ0) is 31.7. The Bertz CT molecular complexity index is 1470. The van der Waals surface area contributed by atoms with Gasteiger partial charge in [0, 0.05) is 21.6 Å². The fourth-order valence-electron chi connectivity index (χ4n) is 3.94. The molecule has 2 aromatic carbocycles. The van der Waals surface area contributed by atoms with Crippen LogP contribution in [0.2, 0.25) is 0 Å². The van der Waals surface area contributed by atoms with Crippen LogP contribution >= 0.6 is 11.8 Å². The monoisotopic (exact) mass is 624 g/mol. The minimum atomic E-state index is -4.66. The van der Waals surface area contributed by atoms with E-state index >= 15 is 0 Å². The Morgan fingerprint density at radius 2 is 1.77 bits per heavy atom. The topological polar surface area (TPSA) is 107 Å². The number of nitrogens with one attached hydrogen (secondary N) is 1. The summed E-state index contributed by atoms with van der Waals surface area (Å²) < 4.78 is 67.3. The van der Waals surface area contributed by atoms with Gasteiger partial charge in [0.2, 0.25) is 11.8 Å². The predicted molar refractivity (Wildman–Crippen MR) is 152 cm³/mol. The molecule has 1 aliphatic heterocycles. The number of nitrogens with zero attached hydrogens (tertiary/aromatic N) is 3. The molecule has 1 N–H and O–H groups in total. The highest BCUT2D eigenvalue weighted by Crippen LogP contribution is 2.39. The SMILES string of the molecule is CC(C)(C)OC(=O)N[C@H]1CSc2ccc(-c3nnc(C(C)(C)C)o3)cc2N(Cc2ccc(OC(F)(F)C(F)F)cc2)C1=O. The molecule has 0 unspecified atom stereocenters. The van der Waals surface area contributed by atoms with E-state index in [1.54, 1.807) is 39.0 Å². The minimum absolute atomic E-state index is 0.0507. The molecule has 0 aliphatic carbocycles. The molecule has 0 spiro atoms. The predicted octanol–water partition coefficient (Wildman–Crippen LogP) is 6.80. The van der Waals surface area contributed by atoms with Crippen LogP contribution in [0.25, 0.3) is 11.5 Å². The molecule has 232 valence electrons. The van der Waals surface area contributed by atoms with E-state index in [1.165, 1.54) is 28.8 Å². The van der Waals surface area contributed by atoms with Gasteiger partial charge in [-0.3, -0.25) is 4.79 Å². The Balaban J connectivity index is 1.68. The Morgan fingerprint density at radius 3 is 2.35 bits per heavy atom. The Labute approximate surface area is 250 Å². The summed E-state index contributed by atoms with van der Waals surface area (Å²) in [4.78, 5) is 28.6. The molecule has 0 fully saturated rings. The molecule has 1 atom stereocenters. The number of benzene rings is 2. The molecule has 3 aromatic rings. The molecular formula is C29H32F4N4O5S. The number of ether oxygens (including phenoxy) is 2. The first-order valence-electron chi connectivity index (χ1n) is 13.3. The smallest absolute Gasteiger partial charge is 0.444 e. The van der Waals surface area contributed by atoms with Crippen LogP contribution in [0, 0.1) is 0 Å². The summed E-state index contributed by atoms with van der Waals surface area (Å²) in [5, 5.41) is 10.9. The molecule has 0 bridgehead atoms. The van der Waals surface area contributed by atoms with Crippen LogP contribution in [0.15, 0.2) is 51.8 Å². The second-order valence-corrected chi connectivity index (χ2v) is 12.9. The van der Waals surface area contributed by atoms with Crippen LogP contribution in [0.1, 0.15) is 53.0 Å². The van der Waals surface area contributed by atoms with Crippen molar-refractivity contribution in [1.29, 1.82) is 0 Å². The maximum atomic E-state index is 13.9. The highest BCUT2D eigenvalue weighted by molar-refractivity contribution is 7.99. The summed E-state index contributed by atoms with van der Waals surface area (Å²) in [5.74, 6) is -0.0457. The van der Waals surface area contributed by atoms with Crippen LogP contribution < -0.4 is 15.0 Å². The van der Waals surface area contributed by atoms with E-state index in [0.717, 1.165) is 17.0 Å². The molecule has 1 aromatic heterocycles. The number of aromatic nitrogens is 2. The second-order valence-electron chi connectivity index (χ2n) is 11.9. The lowest BCUT2D eigenvalue weighted by Gasteiger charge is -2.27. The van der Waals surface area contributed by atoms with Crippen molar-refractivity contribution < 1.29 is 41.0 Å². The van der Waals surface area contributed by atoms with Crippen LogP contribution in [0.5, 0.6) is 5.75 Å². The van der Waals surface area contributed by atoms with Gasteiger partial charge in [0.1, 0.15) is 17.4 Å². The molecular weight excluding hydrogens is 592 g/mol. The van der Waals surface area contributed by atoms with Gasteiger partial charge in [-0.1, -0.05) is 32.9 Å². The van der Waals surface area contributed by atoms with Crippen molar-refractivity contribution in [2.45, 2.75) is 82.6 Å². The first kappa shape index (κ1) is 32.1. The standard InChI is InChI=1S/C29H32F4N4O5S/c1-27(2,3)25-36-35-22(40-25)17-9-12-21-20(13-17)37(23(38)19(15-43-21)34-26(39)42-28(4,5)6)14-16-7-10-18(11-8-16)41-29(32,33)24(30)31/h7-13,19,24H,14-15H2,1-6H3,(H,34,39)/t19-/m0/s1. The maximum Gasteiger partial charge on any atom is 0.461 e. The summed E-state index contributed by atoms with van der Waals surface area (Å²) in [7, 11) is 0. The Kier molecular flexibility index (Phi) is 9.00. The van der Waals surface area contributed by atoms with Gasteiger partial charge in [-0.15, -0.1) is 22.0 Å². The van der Waals surface area contributed by atoms with Crippen LogP contribution in [-0.2, 0) is 21.5 Å². The number of carbonyl (C=O) groups excluding carboxylic acids is 2. The molecule has 2 heterocycles. The number of halogens is 4. The van der Waals surface area contributed by atoms with Gasteiger partial charge >= 0.3 is 18.6 Å². The fraction of sp³-hybridized carbons (Fsp3) is 0.448. The summed E-state index contributed by atoms with van der Waals surface area (Å²) in [6.07, 6.45) is -9.42. The summed E-state index contributed by atoms with van der Waals surface area (Å²) >= 11 is 1.35. The second kappa shape index (κ2) is 12.1. The van der Waals surface area contributed by atoms with E-state index < -0.39 is 41.9 Å². The van der Waals surface area contributed by atoms with Crippen molar-refractivity contribution in [3.8, 4) is 17.2 Å². The van der Waals surface area contributed by atoms with Crippen LogP contribution in [0.3, 0.4) is 0 Å². The first-order chi connectivity index (χ1) is 19.9. The molecule has 43 heavy (non-hydrogen) atoms. The highest BCUT2D eigenvalue weighted by atomic mass is 32.2. The van der Waals surface area contributed by atoms with Gasteiger partial charge in [0.25, 0.3) is 5.91 Å². The van der Waals surface area contributed by atoms with E-state index in [0.29, 0.717) is 22.7 Å². The number of thioether (sulfide) groups is 1. The van der Waals surface area contributed by atoms with E-state index in [9.17, 15) is 27.2 Å². The van der Waals surface area contributed by atoms with Gasteiger partial charge in [0.15, 0.2) is 0 Å². The van der Waals surface area contributed by atoms with Gasteiger partial charge in [-0.25, -0.2) is 4.79 Å². The number of alkyl carbamates (subject to hydrolysis) is 1. The number of carbonyl (C=O) groups is 2. The number of alkyl halides is 4. The van der Waals surface area contributed by atoms with Crippen molar-refractivity contribution >= 4 is 29.4 Å². The van der Waals surface area contributed by atoms with E-state index in [4.69, 9.17) is 9.15 Å². The molecule has 9 nitrogen and oxygen atoms in total. The Morgan fingerprint density at radius 1 is 1.09 bits per heavy atom. The van der Waals surface area contributed by atoms with Crippen molar-refractivity contribution in [2.75, 3.05) is 10.7 Å². The average Bonchev–Trinajstić information content (AvgIpc) is 3.36. The molecule has 4 rings (SSSR count). The average molecular weight is 625 g/mol. The molecule has 1 aliphatic rings. The number of rotatable bonds is 7. The molecule has 0 radical (unpaired) electrons. The van der Waals surface area contributed by atoms with Crippen molar-refractivity contribution in [2.24, 2.45) is 0 Å².